The monoisotopic (exact) mass is 253 g/mol. The smallest absolute Gasteiger partial charge is 0.242 e. The summed E-state index contributed by atoms with van der Waals surface area (Å²) in [6, 6.07) is -0.143. The van der Waals surface area contributed by atoms with Crippen LogP contribution in [0, 0.1) is 5.92 Å². The molecule has 102 valence electrons. The van der Waals surface area contributed by atoms with E-state index in [4.69, 9.17) is 5.73 Å². The third-order valence-corrected chi connectivity index (χ3v) is 4.06. The van der Waals surface area contributed by atoms with Crippen LogP contribution in [0.3, 0.4) is 0 Å². The van der Waals surface area contributed by atoms with Crippen LogP contribution in [0.5, 0.6) is 0 Å². The van der Waals surface area contributed by atoms with Crippen molar-refractivity contribution in [3.05, 3.63) is 0 Å². The quantitative estimate of drug-likeness (QED) is 0.740. The van der Waals surface area contributed by atoms with Gasteiger partial charge in [-0.3, -0.25) is 9.59 Å². The van der Waals surface area contributed by atoms with Crippen LogP contribution in [0.25, 0.3) is 0 Å². The SMILES string of the molecule is CC[C@@H]1C(=O)NCCN1C(=O)[C@H]1CCC[C@H](N)C1. The van der Waals surface area contributed by atoms with Crippen molar-refractivity contribution in [3.8, 4) is 0 Å². The van der Waals surface area contributed by atoms with Crippen molar-refractivity contribution in [2.24, 2.45) is 11.7 Å². The van der Waals surface area contributed by atoms with E-state index >= 15 is 0 Å². The Morgan fingerprint density at radius 3 is 2.94 bits per heavy atom. The third-order valence-electron chi connectivity index (χ3n) is 4.06. The van der Waals surface area contributed by atoms with Crippen LogP contribution in [0.4, 0.5) is 0 Å². The number of carbonyl (C=O) groups is 2. The highest BCUT2D eigenvalue weighted by Crippen LogP contribution is 2.26. The average molecular weight is 253 g/mol. The third kappa shape index (κ3) is 2.66. The van der Waals surface area contributed by atoms with Gasteiger partial charge >= 0.3 is 0 Å². The molecular weight excluding hydrogens is 230 g/mol. The molecule has 2 fully saturated rings. The lowest BCUT2D eigenvalue weighted by atomic mass is 9.84. The summed E-state index contributed by atoms with van der Waals surface area (Å²) < 4.78 is 0. The molecule has 5 heteroatoms. The Morgan fingerprint density at radius 1 is 1.50 bits per heavy atom. The maximum atomic E-state index is 12.5. The Bertz CT molecular complexity index is 332. The molecule has 0 aromatic heterocycles. The van der Waals surface area contributed by atoms with Crippen LogP contribution >= 0.6 is 0 Å². The molecule has 1 aliphatic heterocycles. The Hall–Kier alpha value is -1.10. The number of hydrogen-bond donors (Lipinski definition) is 2. The second kappa shape index (κ2) is 5.69. The van der Waals surface area contributed by atoms with E-state index in [0.29, 0.717) is 19.5 Å². The van der Waals surface area contributed by atoms with Crippen molar-refractivity contribution >= 4 is 11.8 Å². The molecule has 2 amide bonds. The van der Waals surface area contributed by atoms with Gasteiger partial charge in [0.15, 0.2) is 0 Å². The van der Waals surface area contributed by atoms with Crippen LogP contribution in [-0.4, -0.2) is 41.9 Å². The van der Waals surface area contributed by atoms with Crippen LogP contribution in [0.15, 0.2) is 0 Å². The predicted molar refractivity (Wildman–Crippen MR) is 68.7 cm³/mol. The molecule has 2 aliphatic rings. The van der Waals surface area contributed by atoms with E-state index in [9.17, 15) is 9.59 Å². The molecule has 0 bridgehead atoms. The number of nitrogens with one attached hydrogen (secondary N) is 1. The molecule has 2 rings (SSSR count). The van der Waals surface area contributed by atoms with Gasteiger partial charge in [0.2, 0.25) is 11.8 Å². The molecule has 1 aliphatic carbocycles. The van der Waals surface area contributed by atoms with E-state index in [1.807, 2.05) is 6.92 Å². The van der Waals surface area contributed by atoms with Gasteiger partial charge in [-0.25, -0.2) is 0 Å². The van der Waals surface area contributed by atoms with Crippen molar-refractivity contribution in [1.29, 1.82) is 0 Å². The van der Waals surface area contributed by atoms with Gasteiger partial charge in [0.25, 0.3) is 0 Å². The van der Waals surface area contributed by atoms with Crippen molar-refractivity contribution in [2.45, 2.75) is 51.1 Å². The molecule has 18 heavy (non-hydrogen) atoms. The van der Waals surface area contributed by atoms with Gasteiger partial charge in [0.05, 0.1) is 0 Å². The number of piperazine rings is 1. The zero-order chi connectivity index (χ0) is 13.1. The Kier molecular flexibility index (Phi) is 4.22. The first kappa shape index (κ1) is 13.3. The lowest BCUT2D eigenvalue weighted by Gasteiger charge is -2.38. The van der Waals surface area contributed by atoms with Crippen LogP contribution in [0.1, 0.15) is 39.0 Å². The van der Waals surface area contributed by atoms with E-state index in [0.717, 1.165) is 25.7 Å². The van der Waals surface area contributed by atoms with Crippen molar-refractivity contribution in [1.82, 2.24) is 10.2 Å². The summed E-state index contributed by atoms with van der Waals surface area (Å²) in [6.45, 7) is 3.15. The van der Waals surface area contributed by atoms with Gasteiger partial charge in [-0.2, -0.15) is 0 Å². The molecule has 5 nitrogen and oxygen atoms in total. The largest absolute Gasteiger partial charge is 0.353 e. The number of rotatable bonds is 2. The Morgan fingerprint density at radius 2 is 2.28 bits per heavy atom. The van der Waals surface area contributed by atoms with Crippen LogP contribution in [0.2, 0.25) is 0 Å². The van der Waals surface area contributed by atoms with Gasteiger partial charge in [-0.15, -0.1) is 0 Å². The number of nitrogens with zero attached hydrogens (tertiary/aromatic N) is 1. The first-order valence-electron chi connectivity index (χ1n) is 6.97. The zero-order valence-electron chi connectivity index (χ0n) is 11.0. The number of amides is 2. The number of hydrogen-bond acceptors (Lipinski definition) is 3. The van der Waals surface area contributed by atoms with E-state index in [2.05, 4.69) is 5.32 Å². The minimum absolute atomic E-state index is 0.0165. The van der Waals surface area contributed by atoms with Crippen LogP contribution < -0.4 is 11.1 Å². The molecule has 0 spiro atoms. The van der Waals surface area contributed by atoms with Crippen LogP contribution in [-0.2, 0) is 9.59 Å². The molecule has 1 saturated heterocycles. The molecule has 1 heterocycles. The summed E-state index contributed by atoms with van der Waals surface area (Å²) in [7, 11) is 0. The summed E-state index contributed by atoms with van der Waals surface area (Å²) in [6.07, 6.45) is 4.40. The standard InChI is InChI=1S/C13H23N3O2/c1-2-11-12(17)15-6-7-16(11)13(18)9-4-3-5-10(14)8-9/h9-11H,2-8,14H2,1H3,(H,15,17)/t9-,10-,11+/m0/s1. The van der Waals surface area contributed by atoms with Crippen molar-refractivity contribution in [3.63, 3.8) is 0 Å². The maximum Gasteiger partial charge on any atom is 0.242 e. The Balaban J connectivity index is 2.04. The first-order valence-corrected chi connectivity index (χ1v) is 6.97. The molecule has 3 N–H and O–H groups in total. The zero-order valence-corrected chi connectivity index (χ0v) is 11.0. The summed E-state index contributed by atoms with van der Waals surface area (Å²) >= 11 is 0. The van der Waals surface area contributed by atoms with Gasteiger partial charge in [-0.05, 0) is 25.7 Å². The maximum absolute atomic E-state index is 12.5. The Labute approximate surface area is 108 Å². The van der Waals surface area contributed by atoms with E-state index in [1.165, 1.54) is 0 Å². The molecule has 0 radical (unpaired) electrons. The molecule has 3 atom stereocenters. The van der Waals surface area contributed by atoms with Gasteiger partial charge in [0.1, 0.15) is 6.04 Å². The molecular formula is C13H23N3O2. The van der Waals surface area contributed by atoms with Gasteiger partial charge in [-0.1, -0.05) is 13.3 Å². The highest BCUT2D eigenvalue weighted by Gasteiger charge is 2.36. The van der Waals surface area contributed by atoms with E-state index in [-0.39, 0.29) is 29.8 Å². The fourth-order valence-corrected chi connectivity index (χ4v) is 3.07. The highest BCUT2D eigenvalue weighted by atomic mass is 16.2. The van der Waals surface area contributed by atoms with E-state index < -0.39 is 0 Å². The number of carbonyl (C=O) groups excluding carboxylic acids is 2. The highest BCUT2D eigenvalue weighted by molar-refractivity contribution is 5.89. The van der Waals surface area contributed by atoms with E-state index in [1.54, 1.807) is 4.90 Å². The second-order valence-electron chi connectivity index (χ2n) is 5.37. The van der Waals surface area contributed by atoms with Gasteiger partial charge < -0.3 is 16.0 Å². The fraction of sp³-hybridized carbons (Fsp3) is 0.846. The molecule has 1 saturated carbocycles. The average Bonchev–Trinajstić information content (AvgIpc) is 2.37. The molecule has 0 aromatic carbocycles. The second-order valence-corrected chi connectivity index (χ2v) is 5.37. The minimum Gasteiger partial charge on any atom is -0.353 e. The topological polar surface area (TPSA) is 75.4 Å². The lowest BCUT2D eigenvalue weighted by molar-refractivity contribution is -0.147. The van der Waals surface area contributed by atoms with Gasteiger partial charge in [0, 0.05) is 25.0 Å². The summed E-state index contributed by atoms with van der Waals surface area (Å²) in [5, 5.41) is 2.82. The normalized spacial score (nSPS) is 33.1. The summed E-state index contributed by atoms with van der Waals surface area (Å²) in [5.41, 5.74) is 5.94. The van der Waals surface area contributed by atoms with Crippen molar-refractivity contribution < 1.29 is 9.59 Å². The summed E-state index contributed by atoms with van der Waals surface area (Å²) in [4.78, 5) is 26.0. The molecule has 0 unspecified atom stereocenters. The first-order chi connectivity index (χ1) is 8.63. The fourth-order valence-electron chi connectivity index (χ4n) is 3.07. The summed E-state index contributed by atoms with van der Waals surface area (Å²) in [5.74, 6) is 0.137. The predicted octanol–water partition coefficient (Wildman–Crippen LogP) is 0.241. The minimum atomic E-state index is -0.288. The molecule has 0 aromatic rings. The van der Waals surface area contributed by atoms with Crippen molar-refractivity contribution in [2.75, 3.05) is 13.1 Å². The number of nitrogens with two attached hydrogens (primary N) is 1. The lowest BCUT2D eigenvalue weighted by Crippen LogP contribution is -2.58.